The molecule has 0 bridgehead atoms. The van der Waals surface area contributed by atoms with Gasteiger partial charge in [-0.05, 0) is 74.8 Å². The van der Waals surface area contributed by atoms with Crippen LogP contribution in [-0.2, 0) is 15.7 Å². The lowest BCUT2D eigenvalue weighted by atomic mass is 9.91. The molecule has 3 aliphatic heterocycles. The molecule has 2 amide bonds. The Morgan fingerprint density at radius 2 is 1.68 bits per heavy atom. The van der Waals surface area contributed by atoms with Gasteiger partial charge in [0.1, 0.15) is 5.82 Å². The Kier molecular flexibility index (Phi) is 10.6. The lowest BCUT2D eigenvalue weighted by Crippen LogP contribution is -2.61. The summed E-state index contributed by atoms with van der Waals surface area (Å²) in [4.78, 5) is 34.3. The topological polar surface area (TPSA) is 56.3 Å². The zero-order valence-electron chi connectivity index (χ0n) is 24.9. The van der Waals surface area contributed by atoms with Crippen molar-refractivity contribution in [1.82, 2.24) is 19.6 Å². The number of amides is 2. The molecule has 5 rings (SSSR count). The van der Waals surface area contributed by atoms with Crippen LogP contribution < -0.4 is 0 Å². The largest absolute Gasteiger partial charge is 0.416 e. The molecule has 44 heavy (non-hydrogen) atoms. The molecular weight excluding hydrogens is 644 g/mol. The van der Waals surface area contributed by atoms with Crippen LogP contribution in [-0.4, -0.2) is 110 Å². The number of piperidine rings is 1. The summed E-state index contributed by atoms with van der Waals surface area (Å²) in [6.45, 7) is 7.32. The van der Waals surface area contributed by atoms with Crippen molar-refractivity contribution in [1.29, 1.82) is 0 Å². The quantitative estimate of drug-likeness (QED) is 0.345. The number of morpholine rings is 1. The van der Waals surface area contributed by atoms with Crippen molar-refractivity contribution in [3.8, 4) is 0 Å². The number of alkyl halides is 3. The Hall–Kier alpha value is -2.54. The second-order valence-corrected chi connectivity index (χ2v) is 13.0. The predicted octanol–water partition coefficient (Wildman–Crippen LogP) is 5.11. The Bertz CT molecular complexity index is 1290. The van der Waals surface area contributed by atoms with Crippen LogP contribution in [0, 0.1) is 11.7 Å². The molecule has 0 spiro atoms. The summed E-state index contributed by atoms with van der Waals surface area (Å²) in [6.07, 6.45) is -2.11. The molecule has 0 radical (unpaired) electrons. The minimum atomic E-state index is -4.57. The number of benzene rings is 2. The van der Waals surface area contributed by atoms with E-state index in [0.717, 1.165) is 63.3 Å². The van der Waals surface area contributed by atoms with Crippen LogP contribution in [0.5, 0.6) is 0 Å². The van der Waals surface area contributed by atoms with Crippen molar-refractivity contribution in [2.24, 2.45) is 5.92 Å². The SMILES string of the molecule is CN(C[C@@H](CCN1CC(N2CCC(C(=O)N3CCOCC3)CC2)C1)c1ccc(F)cc1)C(=O)c1cc(Br)cc(C(F)(F)F)c1. The highest BCUT2D eigenvalue weighted by atomic mass is 79.9. The van der Waals surface area contributed by atoms with E-state index >= 15 is 0 Å². The van der Waals surface area contributed by atoms with Gasteiger partial charge in [0.15, 0.2) is 0 Å². The van der Waals surface area contributed by atoms with Crippen molar-refractivity contribution in [2.45, 2.75) is 37.4 Å². The van der Waals surface area contributed by atoms with Gasteiger partial charge in [-0.15, -0.1) is 0 Å². The molecule has 7 nitrogen and oxygen atoms in total. The van der Waals surface area contributed by atoms with Gasteiger partial charge in [0.2, 0.25) is 5.91 Å². The Balaban J connectivity index is 1.14. The molecule has 2 aromatic rings. The van der Waals surface area contributed by atoms with Crippen LogP contribution >= 0.6 is 15.9 Å². The molecule has 0 N–H and O–H groups in total. The summed E-state index contributed by atoms with van der Waals surface area (Å²) in [6, 6.07) is 9.86. The van der Waals surface area contributed by atoms with Gasteiger partial charge in [0.05, 0.1) is 18.8 Å². The third-order valence-corrected chi connectivity index (χ3v) is 9.56. The van der Waals surface area contributed by atoms with Gasteiger partial charge in [-0.25, -0.2) is 4.39 Å². The Morgan fingerprint density at radius 1 is 1.02 bits per heavy atom. The number of likely N-dealkylation sites (N-methyl/N-ethyl adjacent to an activating group) is 1. The molecule has 3 aliphatic rings. The Morgan fingerprint density at radius 3 is 2.32 bits per heavy atom. The minimum absolute atomic E-state index is 0.0481. The van der Waals surface area contributed by atoms with Crippen molar-refractivity contribution in [2.75, 3.05) is 72.6 Å². The van der Waals surface area contributed by atoms with Crippen LogP contribution in [0.2, 0.25) is 0 Å². The standard InChI is InChI=1S/C32H39BrF4N4O3/c1-38(30(42)25-16-26(32(35,36)37)18-27(33)17-25)19-24(22-2-4-28(34)5-3-22)6-9-39-20-29(21-39)40-10-7-23(8-11-40)31(43)41-12-14-44-15-13-41/h2-5,16-18,23-24,29H,6-15,19-21H2,1H3/t24-/m1/s1. The number of ether oxygens (including phenoxy) is 1. The first-order valence-corrected chi connectivity index (χ1v) is 16.0. The van der Waals surface area contributed by atoms with E-state index in [9.17, 15) is 27.2 Å². The van der Waals surface area contributed by atoms with E-state index < -0.39 is 17.6 Å². The lowest BCUT2D eigenvalue weighted by Gasteiger charge is -2.48. The molecule has 0 unspecified atom stereocenters. The molecule has 12 heteroatoms. The van der Waals surface area contributed by atoms with Gasteiger partial charge in [0.25, 0.3) is 5.91 Å². The van der Waals surface area contributed by atoms with Crippen LogP contribution in [0.3, 0.4) is 0 Å². The maximum absolute atomic E-state index is 13.7. The molecule has 3 fully saturated rings. The molecule has 0 saturated carbocycles. The maximum atomic E-state index is 13.7. The number of hydrogen-bond donors (Lipinski definition) is 0. The fraction of sp³-hybridized carbons (Fsp3) is 0.562. The number of halogens is 5. The summed E-state index contributed by atoms with van der Waals surface area (Å²) >= 11 is 3.10. The Labute approximate surface area is 264 Å². The molecular formula is C32H39BrF4N4O3. The minimum Gasteiger partial charge on any atom is -0.378 e. The third kappa shape index (κ3) is 8.18. The summed E-state index contributed by atoms with van der Waals surface area (Å²) in [5.41, 5.74) is -0.0626. The van der Waals surface area contributed by atoms with Gasteiger partial charge >= 0.3 is 6.18 Å². The average molecular weight is 684 g/mol. The smallest absolute Gasteiger partial charge is 0.378 e. The van der Waals surface area contributed by atoms with E-state index in [0.29, 0.717) is 38.8 Å². The highest BCUT2D eigenvalue weighted by molar-refractivity contribution is 9.10. The molecule has 3 heterocycles. The molecule has 3 saturated heterocycles. The monoisotopic (exact) mass is 682 g/mol. The van der Waals surface area contributed by atoms with Gasteiger partial charge in [-0.2, -0.15) is 13.2 Å². The second-order valence-electron chi connectivity index (χ2n) is 12.1. The van der Waals surface area contributed by atoms with Gasteiger partial charge in [0, 0.05) is 67.7 Å². The van der Waals surface area contributed by atoms with Gasteiger partial charge < -0.3 is 19.4 Å². The van der Waals surface area contributed by atoms with E-state index in [1.165, 1.54) is 23.1 Å². The molecule has 240 valence electrons. The van der Waals surface area contributed by atoms with E-state index in [4.69, 9.17) is 4.74 Å². The van der Waals surface area contributed by atoms with E-state index in [2.05, 4.69) is 25.7 Å². The fourth-order valence-corrected chi connectivity index (χ4v) is 6.95. The fourth-order valence-electron chi connectivity index (χ4n) is 6.46. The first kappa shape index (κ1) is 32.8. The highest BCUT2D eigenvalue weighted by Crippen LogP contribution is 2.33. The van der Waals surface area contributed by atoms with Crippen molar-refractivity contribution < 1.29 is 31.9 Å². The van der Waals surface area contributed by atoms with Gasteiger partial charge in [-0.1, -0.05) is 28.1 Å². The van der Waals surface area contributed by atoms with Crippen molar-refractivity contribution >= 4 is 27.7 Å². The average Bonchev–Trinajstić information content (AvgIpc) is 2.99. The first-order chi connectivity index (χ1) is 21.0. The summed E-state index contributed by atoms with van der Waals surface area (Å²) in [5, 5.41) is 0. The third-order valence-electron chi connectivity index (χ3n) is 9.10. The summed E-state index contributed by atoms with van der Waals surface area (Å²) < 4.78 is 59.3. The highest BCUT2D eigenvalue weighted by Gasteiger charge is 2.37. The summed E-state index contributed by atoms with van der Waals surface area (Å²) in [7, 11) is 1.58. The number of nitrogens with zero attached hydrogens (tertiary/aromatic N) is 4. The van der Waals surface area contributed by atoms with Crippen LogP contribution in [0.25, 0.3) is 0 Å². The lowest BCUT2D eigenvalue weighted by molar-refractivity contribution is -0.141. The normalized spacial score (nSPS) is 19.9. The number of carbonyl (C=O) groups is 2. The van der Waals surface area contributed by atoms with Crippen molar-refractivity contribution in [3.63, 3.8) is 0 Å². The summed E-state index contributed by atoms with van der Waals surface area (Å²) in [5.74, 6) is -0.636. The predicted molar refractivity (Wildman–Crippen MR) is 162 cm³/mol. The number of likely N-dealkylation sites (tertiary alicyclic amines) is 2. The number of rotatable bonds is 9. The van der Waals surface area contributed by atoms with E-state index in [1.807, 2.05) is 4.90 Å². The first-order valence-electron chi connectivity index (χ1n) is 15.2. The molecule has 1 atom stereocenters. The van der Waals surface area contributed by atoms with Crippen molar-refractivity contribution in [3.05, 3.63) is 69.4 Å². The molecule has 0 aliphatic carbocycles. The second kappa shape index (κ2) is 14.3. The van der Waals surface area contributed by atoms with Crippen LogP contribution in [0.4, 0.5) is 17.6 Å². The zero-order valence-corrected chi connectivity index (χ0v) is 26.5. The van der Waals surface area contributed by atoms with Gasteiger partial charge in [-0.3, -0.25) is 14.5 Å². The number of hydrogen-bond acceptors (Lipinski definition) is 5. The number of carbonyl (C=O) groups excluding carboxylic acids is 2. The molecule has 0 aromatic heterocycles. The van der Waals surface area contributed by atoms with E-state index in [-0.39, 0.29) is 40.1 Å². The van der Waals surface area contributed by atoms with Crippen LogP contribution in [0.15, 0.2) is 46.9 Å². The maximum Gasteiger partial charge on any atom is 0.416 e. The van der Waals surface area contributed by atoms with Crippen LogP contribution in [0.1, 0.15) is 46.7 Å². The zero-order chi connectivity index (χ0) is 31.4. The van der Waals surface area contributed by atoms with E-state index in [1.54, 1.807) is 19.2 Å². The molecule has 2 aromatic carbocycles.